The van der Waals surface area contributed by atoms with Crippen molar-refractivity contribution in [2.45, 2.75) is 24.1 Å². The molecule has 1 aromatic rings. The minimum atomic E-state index is 0.467. The van der Waals surface area contributed by atoms with Gasteiger partial charge in [-0.2, -0.15) is 11.8 Å². The van der Waals surface area contributed by atoms with E-state index in [4.69, 9.17) is 11.6 Å². The molecular formula is C12H16ClNS. The highest BCUT2D eigenvalue weighted by Gasteiger charge is 2.25. The average molecular weight is 242 g/mol. The summed E-state index contributed by atoms with van der Waals surface area (Å²) in [4.78, 5) is 0. The number of rotatable bonds is 3. The molecule has 0 bridgehead atoms. The fraction of sp³-hybridized carbons (Fsp3) is 0.500. The standard InChI is InChI=1S/C12H16ClNS/c1-14-12(11-3-2-8-15-11)9-4-6-10(13)7-5-9/h4-7,11-12,14H,2-3,8H2,1H3. The molecule has 1 aromatic carbocycles. The topological polar surface area (TPSA) is 12.0 Å². The number of hydrogen-bond donors (Lipinski definition) is 1. The molecule has 1 heterocycles. The summed E-state index contributed by atoms with van der Waals surface area (Å²) in [5, 5.41) is 4.95. The van der Waals surface area contributed by atoms with Crippen molar-refractivity contribution in [3.8, 4) is 0 Å². The summed E-state index contributed by atoms with van der Waals surface area (Å²) >= 11 is 7.97. The Morgan fingerprint density at radius 1 is 1.40 bits per heavy atom. The molecule has 1 saturated heterocycles. The monoisotopic (exact) mass is 241 g/mol. The first-order valence-electron chi connectivity index (χ1n) is 5.35. The van der Waals surface area contributed by atoms with Crippen LogP contribution in [0.4, 0.5) is 0 Å². The molecule has 0 amide bonds. The van der Waals surface area contributed by atoms with Crippen LogP contribution in [0.25, 0.3) is 0 Å². The maximum absolute atomic E-state index is 5.89. The lowest BCUT2D eigenvalue weighted by molar-refractivity contribution is 0.552. The maximum Gasteiger partial charge on any atom is 0.0438 e. The first-order chi connectivity index (χ1) is 7.31. The molecule has 0 spiro atoms. The SMILES string of the molecule is CNC(c1ccc(Cl)cc1)C1CCCS1. The van der Waals surface area contributed by atoms with E-state index in [9.17, 15) is 0 Å². The minimum Gasteiger partial charge on any atom is -0.312 e. The Labute approximate surface area is 101 Å². The van der Waals surface area contributed by atoms with Crippen LogP contribution in [0.3, 0.4) is 0 Å². The van der Waals surface area contributed by atoms with E-state index >= 15 is 0 Å². The maximum atomic E-state index is 5.89. The van der Waals surface area contributed by atoms with Crippen molar-refractivity contribution in [3.05, 3.63) is 34.9 Å². The Morgan fingerprint density at radius 3 is 2.67 bits per heavy atom. The van der Waals surface area contributed by atoms with Crippen molar-refractivity contribution in [3.63, 3.8) is 0 Å². The highest BCUT2D eigenvalue weighted by atomic mass is 35.5. The second kappa shape index (κ2) is 5.24. The molecule has 1 nitrogen and oxygen atoms in total. The Bertz CT molecular complexity index is 306. The van der Waals surface area contributed by atoms with Crippen LogP contribution in [0, 0.1) is 0 Å². The van der Waals surface area contributed by atoms with Gasteiger partial charge in [0.1, 0.15) is 0 Å². The summed E-state index contributed by atoms with van der Waals surface area (Å²) in [5.74, 6) is 1.30. The van der Waals surface area contributed by atoms with Crippen molar-refractivity contribution in [1.29, 1.82) is 0 Å². The molecule has 15 heavy (non-hydrogen) atoms. The van der Waals surface area contributed by atoms with Gasteiger partial charge in [0.2, 0.25) is 0 Å². The molecule has 1 N–H and O–H groups in total. The molecular weight excluding hydrogens is 226 g/mol. The van der Waals surface area contributed by atoms with Crippen molar-refractivity contribution < 1.29 is 0 Å². The van der Waals surface area contributed by atoms with Gasteiger partial charge in [0.15, 0.2) is 0 Å². The first kappa shape index (κ1) is 11.3. The van der Waals surface area contributed by atoms with E-state index in [1.807, 2.05) is 19.2 Å². The fourth-order valence-corrected chi connectivity index (χ4v) is 3.68. The molecule has 82 valence electrons. The number of thioether (sulfide) groups is 1. The molecule has 0 saturated carbocycles. The van der Waals surface area contributed by atoms with Crippen LogP contribution in [-0.4, -0.2) is 18.1 Å². The van der Waals surface area contributed by atoms with E-state index in [0.29, 0.717) is 6.04 Å². The fourth-order valence-electron chi connectivity index (χ4n) is 2.10. The molecule has 0 aliphatic carbocycles. The first-order valence-corrected chi connectivity index (χ1v) is 6.78. The lowest BCUT2D eigenvalue weighted by atomic mass is 10.0. The van der Waals surface area contributed by atoms with Gasteiger partial charge < -0.3 is 5.32 Å². The third-order valence-electron chi connectivity index (χ3n) is 2.88. The molecule has 2 atom stereocenters. The zero-order chi connectivity index (χ0) is 10.7. The van der Waals surface area contributed by atoms with Gasteiger partial charge in [-0.3, -0.25) is 0 Å². The average Bonchev–Trinajstić information content (AvgIpc) is 2.75. The van der Waals surface area contributed by atoms with Gasteiger partial charge in [-0.25, -0.2) is 0 Å². The third kappa shape index (κ3) is 2.68. The zero-order valence-corrected chi connectivity index (χ0v) is 10.4. The largest absolute Gasteiger partial charge is 0.312 e. The van der Waals surface area contributed by atoms with E-state index in [-0.39, 0.29) is 0 Å². The highest BCUT2D eigenvalue weighted by Crippen LogP contribution is 2.35. The van der Waals surface area contributed by atoms with E-state index in [1.165, 1.54) is 24.2 Å². The smallest absolute Gasteiger partial charge is 0.0438 e. The predicted molar refractivity (Wildman–Crippen MR) is 68.7 cm³/mol. The van der Waals surface area contributed by atoms with Crippen LogP contribution < -0.4 is 5.32 Å². The Balaban J connectivity index is 2.14. The van der Waals surface area contributed by atoms with Gasteiger partial charge >= 0.3 is 0 Å². The van der Waals surface area contributed by atoms with Crippen molar-refractivity contribution >= 4 is 23.4 Å². The van der Waals surface area contributed by atoms with Crippen molar-refractivity contribution in [2.75, 3.05) is 12.8 Å². The summed E-state index contributed by atoms with van der Waals surface area (Å²) < 4.78 is 0. The van der Waals surface area contributed by atoms with Gasteiger partial charge in [-0.05, 0) is 43.3 Å². The molecule has 2 unspecified atom stereocenters. The molecule has 2 rings (SSSR count). The summed E-state index contributed by atoms with van der Waals surface area (Å²) in [6.07, 6.45) is 2.67. The number of hydrogen-bond acceptors (Lipinski definition) is 2. The van der Waals surface area contributed by atoms with Gasteiger partial charge in [-0.15, -0.1) is 0 Å². The minimum absolute atomic E-state index is 0.467. The van der Waals surface area contributed by atoms with E-state index in [0.717, 1.165) is 10.3 Å². The molecule has 0 aromatic heterocycles. The van der Waals surface area contributed by atoms with Crippen LogP contribution in [-0.2, 0) is 0 Å². The zero-order valence-electron chi connectivity index (χ0n) is 8.87. The van der Waals surface area contributed by atoms with Gasteiger partial charge in [-0.1, -0.05) is 23.7 Å². The van der Waals surface area contributed by atoms with Gasteiger partial charge in [0.25, 0.3) is 0 Å². The van der Waals surface area contributed by atoms with Gasteiger partial charge in [0.05, 0.1) is 0 Å². The molecule has 1 fully saturated rings. The quantitative estimate of drug-likeness (QED) is 0.870. The Morgan fingerprint density at radius 2 is 2.13 bits per heavy atom. The van der Waals surface area contributed by atoms with Crippen molar-refractivity contribution in [2.24, 2.45) is 0 Å². The lowest BCUT2D eigenvalue weighted by Gasteiger charge is -2.22. The highest BCUT2D eigenvalue weighted by molar-refractivity contribution is 8.00. The summed E-state index contributed by atoms with van der Waals surface area (Å²) in [6, 6.07) is 8.67. The van der Waals surface area contributed by atoms with Crippen LogP contribution in [0.2, 0.25) is 5.02 Å². The van der Waals surface area contributed by atoms with Crippen molar-refractivity contribution in [1.82, 2.24) is 5.32 Å². The second-order valence-electron chi connectivity index (χ2n) is 3.87. The number of nitrogens with one attached hydrogen (secondary N) is 1. The molecule has 3 heteroatoms. The molecule has 1 aliphatic heterocycles. The molecule has 1 aliphatic rings. The van der Waals surface area contributed by atoms with Crippen LogP contribution in [0.15, 0.2) is 24.3 Å². The van der Waals surface area contributed by atoms with E-state index in [2.05, 4.69) is 29.2 Å². The normalized spacial score (nSPS) is 22.9. The summed E-state index contributed by atoms with van der Waals surface area (Å²) in [7, 11) is 2.04. The Kier molecular flexibility index (Phi) is 3.95. The summed E-state index contributed by atoms with van der Waals surface area (Å²) in [6.45, 7) is 0. The predicted octanol–water partition coefficient (Wildman–Crippen LogP) is 3.50. The number of benzene rings is 1. The van der Waals surface area contributed by atoms with Crippen LogP contribution in [0.1, 0.15) is 24.4 Å². The van der Waals surface area contributed by atoms with Crippen LogP contribution >= 0.6 is 23.4 Å². The summed E-state index contributed by atoms with van der Waals surface area (Å²) in [5.41, 5.74) is 1.35. The van der Waals surface area contributed by atoms with Crippen LogP contribution in [0.5, 0.6) is 0 Å². The second-order valence-corrected chi connectivity index (χ2v) is 5.65. The number of halogens is 1. The molecule has 0 radical (unpaired) electrons. The van der Waals surface area contributed by atoms with Gasteiger partial charge in [0, 0.05) is 16.3 Å². The Hall–Kier alpha value is -0.180. The van der Waals surface area contributed by atoms with E-state index < -0.39 is 0 Å². The lowest BCUT2D eigenvalue weighted by Crippen LogP contribution is -2.25. The third-order valence-corrected chi connectivity index (χ3v) is 4.59. The van der Waals surface area contributed by atoms with E-state index in [1.54, 1.807) is 0 Å².